The number of nitrogens with two attached hydrogens (primary N) is 1. The van der Waals surface area contributed by atoms with Gasteiger partial charge in [0.15, 0.2) is 0 Å². The van der Waals surface area contributed by atoms with E-state index in [-0.39, 0.29) is 0 Å². The van der Waals surface area contributed by atoms with Crippen LogP contribution in [0.15, 0.2) is 22.9 Å². The van der Waals surface area contributed by atoms with Crippen LogP contribution in [0, 0.1) is 0 Å². The summed E-state index contributed by atoms with van der Waals surface area (Å²) in [6, 6.07) is 2.53. The molecule has 0 saturated carbocycles. The fourth-order valence-electron chi connectivity index (χ4n) is 1.60. The fraction of sp³-hybridized carbons (Fsp3) is 0.444. The highest BCUT2D eigenvalue weighted by Crippen LogP contribution is 2.31. The van der Waals surface area contributed by atoms with Crippen molar-refractivity contribution in [2.75, 3.05) is 18.0 Å². The van der Waals surface area contributed by atoms with E-state index in [9.17, 15) is 0 Å². The third-order valence-electron chi connectivity index (χ3n) is 2.48. The zero-order valence-corrected chi connectivity index (χ0v) is 8.87. The molecule has 0 bridgehead atoms. The highest BCUT2D eigenvalue weighted by molar-refractivity contribution is 9.10. The summed E-state index contributed by atoms with van der Waals surface area (Å²) in [5, 5.41) is 0. The van der Waals surface area contributed by atoms with Gasteiger partial charge in [0.25, 0.3) is 0 Å². The van der Waals surface area contributed by atoms with Crippen LogP contribution in [-0.2, 0) is 0 Å². The van der Waals surface area contributed by atoms with Crippen LogP contribution in [0.2, 0.25) is 0 Å². The molecule has 2 N–H and O–H groups in total. The van der Waals surface area contributed by atoms with Crippen LogP contribution in [0.3, 0.4) is 0 Å². The molecule has 70 valence electrons. The summed E-state index contributed by atoms with van der Waals surface area (Å²) in [7, 11) is 0. The molecule has 1 atom stereocenters. The molecule has 0 radical (unpaired) electrons. The Balaban J connectivity index is 2.21. The Labute approximate surface area is 86.1 Å². The van der Waals surface area contributed by atoms with Crippen molar-refractivity contribution in [3.8, 4) is 0 Å². The second-order valence-electron chi connectivity index (χ2n) is 3.20. The van der Waals surface area contributed by atoms with Gasteiger partial charge in [0, 0.05) is 31.5 Å². The van der Waals surface area contributed by atoms with Crippen molar-refractivity contribution in [2.24, 2.45) is 5.73 Å². The van der Waals surface area contributed by atoms with Gasteiger partial charge in [0.2, 0.25) is 0 Å². The summed E-state index contributed by atoms with van der Waals surface area (Å²) >= 11 is 3.48. The quantitative estimate of drug-likeness (QED) is 0.851. The van der Waals surface area contributed by atoms with E-state index >= 15 is 0 Å². The molecule has 13 heavy (non-hydrogen) atoms. The number of halogens is 1. The fourth-order valence-corrected chi connectivity index (χ4v) is 2.08. The summed E-state index contributed by atoms with van der Waals surface area (Å²) in [6.07, 6.45) is 4.83. The van der Waals surface area contributed by atoms with Gasteiger partial charge in [-0.3, -0.25) is 4.98 Å². The predicted octanol–water partition coefficient (Wildman–Crippen LogP) is 1.38. The molecule has 4 heteroatoms. The van der Waals surface area contributed by atoms with E-state index in [2.05, 4.69) is 25.8 Å². The number of anilines is 1. The van der Waals surface area contributed by atoms with Crippen molar-refractivity contribution < 1.29 is 0 Å². The highest BCUT2D eigenvalue weighted by Gasteiger charge is 2.27. The van der Waals surface area contributed by atoms with E-state index in [0.29, 0.717) is 6.04 Å². The summed E-state index contributed by atoms with van der Waals surface area (Å²) < 4.78 is 1.05. The van der Waals surface area contributed by atoms with E-state index < -0.39 is 0 Å². The number of rotatable bonds is 2. The Hall–Kier alpha value is -0.610. The lowest BCUT2D eigenvalue weighted by Gasteiger charge is -2.42. The molecule has 1 aliphatic rings. The Bertz CT molecular complexity index is 301. The van der Waals surface area contributed by atoms with Gasteiger partial charge in [0.05, 0.1) is 10.2 Å². The minimum Gasteiger partial charge on any atom is -0.366 e. The minimum atomic E-state index is 0.513. The van der Waals surface area contributed by atoms with E-state index in [1.807, 2.05) is 18.5 Å². The number of pyridine rings is 1. The molecule has 1 saturated heterocycles. The van der Waals surface area contributed by atoms with Crippen molar-refractivity contribution in [1.82, 2.24) is 4.98 Å². The van der Waals surface area contributed by atoms with Crippen molar-refractivity contribution in [2.45, 2.75) is 12.5 Å². The Kier molecular flexibility index (Phi) is 2.51. The van der Waals surface area contributed by atoms with Crippen LogP contribution < -0.4 is 10.6 Å². The van der Waals surface area contributed by atoms with Gasteiger partial charge in [0.1, 0.15) is 0 Å². The van der Waals surface area contributed by atoms with E-state index in [4.69, 9.17) is 5.73 Å². The Morgan fingerprint density at radius 2 is 2.54 bits per heavy atom. The molecule has 2 rings (SSSR count). The molecule has 0 amide bonds. The lowest BCUT2D eigenvalue weighted by atomic mass is 10.0. The van der Waals surface area contributed by atoms with Gasteiger partial charge < -0.3 is 10.6 Å². The van der Waals surface area contributed by atoms with Gasteiger partial charge in [-0.2, -0.15) is 0 Å². The molecular weight excluding hydrogens is 230 g/mol. The average Bonchev–Trinajstić information content (AvgIpc) is 2.08. The summed E-state index contributed by atoms with van der Waals surface area (Å²) in [4.78, 5) is 6.34. The van der Waals surface area contributed by atoms with E-state index in [1.165, 1.54) is 12.1 Å². The first kappa shape index (κ1) is 8.97. The number of aromatic nitrogens is 1. The number of hydrogen-bond acceptors (Lipinski definition) is 3. The van der Waals surface area contributed by atoms with Crippen LogP contribution in [-0.4, -0.2) is 24.1 Å². The van der Waals surface area contributed by atoms with Crippen LogP contribution >= 0.6 is 15.9 Å². The predicted molar refractivity (Wildman–Crippen MR) is 56.7 cm³/mol. The van der Waals surface area contributed by atoms with Crippen LogP contribution in [0.25, 0.3) is 0 Å². The zero-order chi connectivity index (χ0) is 9.26. The minimum absolute atomic E-state index is 0.513. The number of nitrogens with zero attached hydrogens (tertiary/aromatic N) is 2. The molecule has 1 fully saturated rings. The summed E-state index contributed by atoms with van der Waals surface area (Å²) in [5.41, 5.74) is 6.84. The van der Waals surface area contributed by atoms with Crippen LogP contribution in [0.4, 0.5) is 5.69 Å². The second kappa shape index (κ2) is 3.64. The maximum absolute atomic E-state index is 5.64. The maximum Gasteiger partial charge on any atom is 0.0592 e. The molecule has 3 nitrogen and oxygen atoms in total. The molecule has 1 aromatic heterocycles. The third-order valence-corrected chi connectivity index (χ3v) is 3.09. The lowest BCUT2D eigenvalue weighted by molar-refractivity contribution is 0.455. The lowest BCUT2D eigenvalue weighted by Crippen LogP contribution is -2.52. The topological polar surface area (TPSA) is 42.1 Å². The summed E-state index contributed by atoms with van der Waals surface area (Å²) in [6.45, 7) is 1.83. The standard InChI is InChI=1S/C9H12BrN3/c10-8-6-12-3-1-9(8)13-4-2-7(13)5-11/h1,3,6-7H,2,4-5,11H2. The molecule has 1 aromatic rings. The SMILES string of the molecule is NCC1CCN1c1ccncc1Br. The van der Waals surface area contributed by atoms with Gasteiger partial charge in [-0.25, -0.2) is 0 Å². The largest absolute Gasteiger partial charge is 0.366 e. The van der Waals surface area contributed by atoms with Gasteiger partial charge in [-0.05, 0) is 28.4 Å². The average molecular weight is 242 g/mol. The van der Waals surface area contributed by atoms with Crippen molar-refractivity contribution in [3.63, 3.8) is 0 Å². The Morgan fingerprint density at radius 1 is 1.69 bits per heavy atom. The molecule has 1 aliphatic heterocycles. The first-order chi connectivity index (χ1) is 6.33. The monoisotopic (exact) mass is 241 g/mol. The Morgan fingerprint density at radius 3 is 3.08 bits per heavy atom. The van der Waals surface area contributed by atoms with Crippen LogP contribution in [0.1, 0.15) is 6.42 Å². The first-order valence-electron chi connectivity index (χ1n) is 4.39. The second-order valence-corrected chi connectivity index (χ2v) is 4.05. The highest BCUT2D eigenvalue weighted by atomic mass is 79.9. The smallest absolute Gasteiger partial charge is 0.0592 e. The van der Waals surface area contributed by atoms with Crippen molar-refractivity contribution in [3.05, 3.63) is 22.9 Å². The van der Waals surface area contributed by atoms with Crippen molar-refractivity contribution >= 4 is 21.6 Å². The van der Waals surface area contributed by atoms with Gasteiger partial charge in [-0.1, -0.05) is 0 Å². The zero-order valence-electron chi connectivity index (χ0n) is 7.28. The van der Waals surface area contributed by atoms with Gasteiger partial charge >= 0.3 is 0 Å². The van der Waals surface area contributed by atoms with E-state index in [0.717, 1.165) is 17.6 Å². The normalized spacial score (nSPS) is 21.4. The van der Waals surface area contributed by atoms with Gasteiger partial charge in [-0.15, -0.1) is 0 Å². The van der Waals surface area contributed by atoms with Crippen LogP contribution in [0.5, 0.6) is 0 Å². The molecular formula is C9H12BrN3. The first-order valence-corrected chi connectivity index (χ1v) is 5.18. The number of hydrogen-bond donors (Lipinski definition) is 1. The summed E-state index contributed by atoms with van der Waals surface area (Å²) in [5.74, 6) is 0. The molecule has 0 spiro atoms. The molecule has 0 aromatic carbocycles. The molecule has 0 aliphatic carbocycles. The van der Waals surface area contributed by atoms with E-state index in [1.54, 1.807) is 0 Å². The molecule has 2 heterocycles. The molecule has 1 unspecified atom stereocenters. The van der Waals surface area contributed by atoms with Crippen molar-refractivity contribution in [1.29, 1.82) is 0 Å². The third kappa shape index (κ3) is 1.56. The maximum atomic E-state index is 5.64.